The first-order valence-electron chi connectivity index (χ1n) is 6.73. The maximum atomic E-state index is 5.92. The number of ether oxygens (including phenoxy) is 1. The second-order valence-corrected chi connectivity index (χ2v) is 6.04. The normalized spacial score (nSPS) is 10.7. The van der Waals surface area contributed by atoms with Crippen molar-refractivity contribution in [2.75, 3.05) is 0 Å². The van der Waals surface area contributed by atoms with Crippen molar-refractivity contribution in [3.8, 4) is 17.2 Å². The van der Waals surface area contributed by atoms with E-state index in [4.69, 9.17) is 20.8 Å². The van der Waals surface area contributed by atoms with Crippen LogP contribution in [0.15, 0.2) is 57.4 Å². The van der Waals surface area contributed by atoms with Crippen molar-refractivity contribution in [3.63, 3.8) is 0 Å². The maximum absolute atomic E-state index is 5.92. The van der Waals surface area contributed by atoms with Gasteiger partial charge in [0.1, 0.15) is 23.8 Å². The Morgan fingerprint density at radius 1 is 1.18 bits per heavy atom. The van der Waals surface area contributed by atoms with Crippen LogP contribution in [0.2, 0.25) is 5.02 Å². The molecule has 3 rings (SSSR count). The van der Waals surface area contributed by atoms with Crippen LogP contribution in [0.3, 0.4) is 0 Å². The first-order valence-corrected chi connectivity index (χ1v) is 7.90. The van der Waals surface area contributed by atoms with E-state index in [1.54, 1.807) is 12.1 Å². The Bertz CT molecular complexity index is 787. The van der Waals surface area contributed by atoms with Crippen LogP contribution in [0.5, 0.6) is 5.75 Å². The second kappa shape index (κ2) is 6.55. The Morgan fingerprint density at radius 2 is 1.95 bits per heavy atom. The number of benzene rings is 2. The predicted molar refractivity (Wildman–Crippen MR) is 90.2 cm³/mol. The largest absolute Gasteiger partial charge is 0.486 e. The van der Waals surface area contributed by atoms with E-state index in [2.05, 4.69) is 20.9 Å². The molecule has 0 radical (unpaired) electrons. The molecule has 0 saturated heterocycles. The highest BCUT2D eigenvalue weighted by atomic mass is 79.9. The first kappa shape index (κ1) is 15.1. The molecule has 0 fully saturated rings. The van der Waals surface area contributed by atoms with Gasteiger partial charge in [-0.15, -0.1) is 0 Å². The highest BCUT2D eigenvalue weighted by Crippen LogP contribution is 2.29. The predicted octanol–water partition coefficient (Wildman–Crippen LogP) is 5.64. The number of rotatable bonds is 4. The average Bonchev–Trinajstić information content (AvgIpc) is 2.88. The molecule has 0 unspecified atom stereocenters. The minimum absolute atomic E-state index is 0.336. The van der Waals surface area contributed by atoms with Crippen molar-refractivity contribution >= 4 is 27.5 Å². The summed E-state index contributed by atoms with van der Waals surface area (Å²) in [6.45, 7) is 2.22. The number of aryl methyl sites for hydroxylation is 1. The van der Waals surface area contributed by atoms with Crippen molar-refractivity contribution in [2.45, 2.75) is 13.5 Å². The summed E-state index contributed by atoms with van der Waals surface area (Å²) < 4.78 is 12.3. The standard InChI is InChI=1S/C17H13BrClNO2/c1-11-15(10-21-16-8-7-13(19)9-14(16)18)20-17(22-11)12-5-3-2-4-6-12/h2-9H,10H2,1H3. The molecule has 22 heavy (non-hydrogen) atoms. The van der Waals surface area contributed by atoms with E-state index in [0.717, 1.165) is 21.5 Å². The maximum Gasteiger partial charge on any atom is 0.226 e. The van der Waals surface area contributed by atoms with Gasteiger partial charge in [-0.3, -0.25) is 0 Å². The second-order valence-electron chi connectivity index (χ2n) is 4.75. The molecule has 0 atom stereocenters. The minimum atomic E-state index is 0.336. The minimum Gasteiger partial charge on any atom is -0.486 e. The van der Waals surface area contributed by atoms with Gasteiger partial charge in [0, 0.05) is 10.6 Å². The van der Waals surface area contributed by atoms with Crippen LogP contribution in [0.4, 0.5) is 0 Å². The number of halogens is 2. The third kappa shape index (κ3) is 3.34. The number of aromatic nitrogens is 1. The van der Waals surface area contributed by atoms with Crippen LogP contribution in [-0.2, 0) is 6.61 Å². The van der Waals surface area contributed by atoms with Gasteiger partial charge in [-0.1, -0.05) is 29.8 Å². The van der Waals surface area contributed by atoms with Crippen molar-refractivity contribution in [1.29, 1.82) is 0 Å². The molecule has 0 aliphatic carbocycles. The van der Waals surface area contributed by atoms with Gasteiger partial charge in [0.15, 0.2) is 0 Å². The fourth-order valence-electron chi connectivity index (χ4n) is 2.00. The van der Waals surface area contributed by atoms with E-state index in [1.807, 2.05) is 43.3 Å². The highest BCUT2D eigenvalue weighted by Gasteiger charge is 2.12. The fraction of sp³-hybridized carbons (Fsp3) is 0.118. The molecule has 1 heterocycles. The van der Waals surface area contributed by atoms with Crippen LogP contribution in [-0.4, -0.2) is 4.98 Å². The summed E-state index contributed by atoms with van der Waals surface area (Å²) in [6.07, 6.45) is 0. The van der Waals surface area contributed by atoms with E-state index in [0.29, 0.717) is 23.3 Å². The molecule has 2 aromatic carbocycles. The Balaban J connectivity index is 1.77. The van der Waals surface area contributed by atoms with Gasteiger partial charge in [0.2, 0.25) is 5.89 Å². The van der Waals surface area contributed by atoms with Crippen LogP contribution >= 0.6 is 27.5 Å². The third-order valence-corrected chi connectivity index (χ3v) is 4.03. The van der Waals surface area contributed by atoms with Crippen molar-refractivity contribution in [1.82, 2.24) is 4.98 Å². The smallest absolute Gasteiger partial charge is 0.226 e. The molecule has 1 aromatic heterocycles. The number of nitrogens with zero attached hydrogens (tertiary/aromatic N) is 1. The molecule has 0 amide bonds. The fourth-order valence-corrected chi connectivity index (χ4v) is 2.80. The summed E-state index contributed by atoms with van der Waals surface area (Å²) in [5.74, 6) is 2.07. The number of oxazole rings is 1. The van der Waals surface area contributed by atoms with Crippen molar-refractivity contribution in [2.24, 2.45) is 0 Å². The van der Waals surface area contributed by atoms with E-state index in [-0.39, 0.29) is 0 Å². The molecule has 3 aromatic rings. The molecular weight excluding hydrogens is 366 g/mol. The SMILES string of the molecule is Cc1oc(-c2ccccc2)nc1COc1ccc(Cl)cc1Br. The van der Waals surface area contributed by atoms with Gasteiger partial charge in [-0.05, 0) is 53.2 Å². The Hall–Kier alpha value is -1.78. The molecule has 0 N–H and O–H groups in total. The third-order valence-electron chi connectivity index (χ3n) is 3.17. The number of hydrogen-bond acceptors (Lipinski definition) is 3. The molecule has 0 aliphatic heterocycles. The lowest BCUT2D eigenvalue weighted by atomic mass is 10.2. The van der Waals surface area contributed by atoms with Gasteiger partial charge in [-0.2, -0.15) is 0 Å². The van der Waals surface area contributed by atoms with Gasteiger partial charge in [0.05, 0.1) is 4.47 Å². The topological polar surface area (TPSA) is 35.3 Å². The summed E-state index contributed by atoms with van der Waals surface area (Å²) in [5, 5.41) is 0.656. The van der Waals surface area contributed by atoms with Crippen molar-refractivity contribution in [3.05, 3.63) is 69.5 Å². The summed E-state index contributed by atoms with van der Waals surface area (Å²) in [4.78, 5) is 4.51. The molecule has 0 bridgehead atoms. The lowest BCUT2D eigenvalue weighted by Gasteiger charge is -2.06. The zero-order chi connectivity index (χ0) is 15.5. The van der Waals surface area contributed by atoms with Gasteiger partial charge < -0.3 is 9.15 Å². The lowest BCUT2D eigenvalue weighted by molar-refractivity contribution is 0.297. The molecule has 3 nitrogen and oxygen atoms in total. The summed E-state index contributed by atoms with van der Waals surface area (Å²) in [5.41, 5.74) is 1.73. The van der Waals surface area contributed by atoms with E-state index in [1.165, 1.54) is 0 Å². The van der Waals surface area contributed by atoms with Crippen molar-refractivity contribution < 1.29 is 9.15 Å². The number of hydrogen-bond donors (Lipinski definition) is 0. The van der Waals surface area contributed by atoms with Crippen LogP contribution in [0.1, 0.15) is 11.5 Å². The van der Waals surface area contributed by atoms with E-state index in [9.17, 15) is 0 Å². The zero-order valence-corrected chi connectivity index (χ0v) is 14.2. The summed E-state index contributed by atoms with van der Waals surface area (Å²) in [6, 6.07) is 15.2. The molecule has 0 saturated carbocycles. The molecule has 0 spiro atoms. The summed E-state index contributed by atoms with van der Waals surface area (Å²) in [7, 11) is 0. The molecular formula is C17H13BrClNO2. The van der Waals surface area contributed by atoms with Crippen LogP contribution in [0, 0.1) is 6.92 Å². The Labute approximate surface area is 142 Å². The summed E-state index contributed by atoms with van der Waals surface area (Å²) >= 11 is 9.35. The van der Waals surface area contributed by atoms with Gasteiger partial charge >= 0.3 is 0 Å². The average molecular weight is 379 g/mol. The zero-order valence-electron chi connectivity index (χ0n) is 11.8. The van der Waals surface area contributed by atoms with Gasteiger partial charge in [-0.25, -0.2) is 4.98 Å². The quantitative estimate of drug-likeness (QED) is 0.589. The van der Waals surface area contributed by atoms with Gasteiger partial charge in [0.25, 0.3) is 0 Å². The Morgan fingerprint density at radius 3 is 2.68 bits per heavy atom. The molecule has 112 valence electrons. The van der Waals surface area contributed by atoms with E-state index >= 15 is 0 Å². The monoisotopic (exact) mass is 377 g/mol. The molecule has 0 aliphatic rings. The first-order chi connectivity index (χ1) is 10.6. The Kier molecular flexibility index (Phi) is 4.50. The highest BCUT2D eigenvalue weighted by molar-refractivity contribution is 9.10. The van der Waals surface area contributed by atoms with E-state index < -0.39 is 0 Å². The lowest BCUT2D eigenvalue weighted by Crippen LogP contribution is -1.98. The van der Waals surface area contributed by atoms with Crippen LogP contribution < -0.4 is 4.74 Å². The van der Waals surface area contributed by atoms with Crippen LogP contribution in [0.25, 0.3) is 11.5 Å². The molecule has 5 heteroatoms.